The molecule has 33 heavy (non-hydrogen) atoms. The maximum absolute atomic E-state index is 13.0. The first-order valence-electron chi connectivity index (χ1n) is 10.1. The van der Waals surface area contributed by atoms with Crippen LogP contribution in [0.2, 0.25) is 0 Å². The lowest BCUT2D eigenvalue weighted by Crippen LogP contribution is -2.26. The number of nitrogens with one attached hydrogen (secondary N) is 2. The molecule has 3 rings (SSSR count). The summed E-state index contributed by atoms with van der Waals surface area (Å²) in [6.45, 7) is 1.96. The van der Waals surface area contributed by atoms with Crippen LogP contribution in [0.3, 0.4) is 0 Å². The van der Waals surface area contributed by atoms with Crippen molar-refractivity contribution < 1.29 is 18.0 Å². The molecule has 0 aliphatic carbocycles. The highest BCUT2D eigenvalue weighted by molar-refractivity contribution is 8.00. The van der Waals surface area contributed by atoms with E-state index in [1.165, 1.54) is 35.2 Å². The first kappa shape index (κ1) is 24.3. The number of benzene rings is 3. The Morgan fingerprint density at radius 2 is 1.42 bits per heavy atom. The molecule has 0 aliphatic rings. The predicted molar refractivity (Wildman–Crippen MR) is 134 cm³/mol. The van der Waals surface area contributed by atoms with Crippen LogP contribution < -0.4 is 14.9 Å². The van der Waals surface area contributed by atoms with E-state index in [0.717, 1.165) is 5.56 Å². The number of rotatable bonds is 9. The second kappa shape index (κ2) is 11.0. The Balaban J connectivity index is 1.53. The molecule has 0 radical (unpaired) electrons. The van der Waals surface area contributed by atoms with E-state index in [2.05, 4.69) is 10.6 Å². The van der Waals surface area contributed by atoms with E-state index in [4.69, 9.17) is 0 Å². The Morgan fingerprint density at radius 3 is 2.06 bits per heavy atom. The van der Waals surface area contributed by atoms with Crippen molar-refractivity contribution in [1.29, 1.82) is 0 Å². The van der Waals surface area contributed by atoms with Crippen molar-refractivity contribution in [3.05, 3.63) is 84.4 Å². The van der Waals surface area contributed by atoms with Gasteiger partial charge in [-0.3, -0.25) is 13.9 Å². The molecule has 0 unspecified atom stereocenters. The summed E-state index contributed by atoms with van der Waals surface area (Å²) in [5.74, 6) is -0.345. The van der Waals surface area contributed by atoms with Crippen molar-refractivity contribution in [1.82, 2.24) is 0 Å². The number of aryl methyl sites for hydroxylation is 1. The average molecular weight is 484 g/mol. The molecular formula is C24H25N3O4S2. The number of amides is 2. The van der Waals surface area contributed by atoms with Gasteiger partial charge in [0.05, 0.1) is 22.1 Å². The summed E-state index contributed by atoms with van der Waals surface area (Å²) in [4.78, 5) is 24.4. The van der Waals surface area contributed by atoms with Gasteiger partial charge in [-0.25, -0.2) is 8.42 Å². The number of carbonyl (C=O) groups is 2. The Bertz CT molecular complexity index is 1210. The number of sulfonamides is 1. The molecule has 2 amide bonds. The molecule has 0 aromatic heterocycles. The first-order valence-corrected chi connectivity index (χ1v) is 12.7. The molecule has 0 saturated carbocycles. The minimum atomic E-state index is -3.79. The van der Waals surface area contributed by atoms with Crippen LogP contribution in [0.5, 0.6) is 0 Å². The fourth-order valence-electron chi connectivity index (χ4n) is 2.94. The van der Waals surface area contributed by atoms with Crippen molar-refractivity contribution in [3.8, 4) is 0 Å². The monoisotopic (exact) mass is 483 g/mol. The van der Waals surface area contributed by atoms with Gasteiger partial charge in [-0.05, 0) is 49.4 Å². The van der Waals surface area contributed by atoms with Gasteiger partial charge in [-0.2, -0.15) is 0 Å². The maximum atomic E-state index is 13.0. The zero-order valence-electron chi connectivity index (χ0n) is 18.3. The molecule has 0 heterocycles. The third-order valence-corrected chi connectivity index (χ3v) is 7.41. The molecule has 2 N–H and O–H groups in total. The number of anilines is 3. The summed E-state index contributed by atoms with van der Waals surface area (Å²) in [6.07, 6.45) is 0. The molecule has 9 heteroatoms. The SMILES string of the molecule is Cc1ccc(NC(=O)CSCC(=O)Nc2cccc(S(=O)(=O)N(C)c3ccccc3)c2)cc1. The third-order valence-electron chi connectivity index (χ3n) is 4.70. The van der Waals surface area contributed by atoms with Crippen LogP contribution in [0, 0.1) is 6.92 Å². The number of thioether (sulfide) groups is 1. The lowest BCUT2D eigenvalue weighted by Gasteiger charge is -2.19. The highest BCUT2D eigenvalue weighted by Gasteiger charge is 2.21. The zero-order valence-corrected chi connectivity index (χ0v) is 19.9. The summed E-state index contributed by atoms with van der Waals surface area (Å²) >= 11 is 1.17. The van der Waals surface area contributed by atoms with E-state index in [0.29, 0.717) is 17.1 Å². The van der Waals surface area contributed by atoms with Gasteiger partial charge < -0.3 is 10.6 Å². The van der Waals surface area contributed by atoms with Crippen molar-refractivity contribution in [2.45, 2.75) is 11.8 Å². The molecule has 3 aromatic carbocycles. The molecule has 0 bridgehead atoms. The summed E-state index contributed by atoms with van der Waals surface area (Å²) < 4.78 is 27.1. The molecule has 172 valence electrons. The maximum Gasteiger partial charge on any atom is 0.264 e. The number of para-hydroxylation sites is 1. The van der Waals surface area contributed by atoms with Gasteiger partial charge in [0.2, 0.25) is 11.8 Å². The molecule has 0 fully saturated rings. The van der Waals surface area contributed by atoms with Gasteiger partial charge in [-0.1, -0.05) is 42.0 Å². The minimum absolute atomic E-state index is 0.0578. The Labute approximate surface area is 198 Å². The Kier molecular flexibility index (Phi) is 8.13. The van der Waals surface area contributed by atoms with Crippen molar-refractivity contribution in [2.24, 2.45) is 0 Å². The molecule has 0 saturated heterocycles. The van der Waals surface area contributed by atoms with Crippen molar-refractivity contribution in [3.63, 3.8) is 0 Å². The standard InChI is InChI=1S/C24H25N3O4S2/c1-18-11-13-19(14-12-18)25-23(28)16-32-17-24(29)26-20-7-6-10-22(15-20)33(30,31)27(2)21-8-4-3-5-9-21/h3-15H,16-17H2,1-2H3,(H,25,28)(H,26,29). The summed E-state index contributed by atoms with van der Waals surface area (Å²) in [5.41, 5.74) is 2.70. The van der Waals surface area contributed by atoms with Gasteiger partial charge in [0.15, 0.2) is 0 Å². The van der Waals surface area contributed by atoms with E-state index in [9.17, 15) is 18.0 Å². The van der Waals surface area contributed by atoms with E-state index < -0.39 is 10.0 Å². The Morgan fingerprint density at radius 1 is 0.818 bits per heavy atom. The topological polar surface area (TPSA) is 95.6 Å². The fourth-order valence-corrected chi connectivity index (χ4v) is 4.80. The van der Waals surface area contributed by atoms with Crippen LogP contribution in [-0.4, -0.2) is 38.8 Å². The van der Waals surface area contributed by atoms with Gasteiger partial charge in [0.1, 0.15) is 0 Å². The quantitative estimate of drug-likeness (QED) is 0.477. The van der Waals surface area contributed by atoms with E-state index >= 15 is 0 Å². The van der Waals surface area contributed by atoms with E-state index in [1.807, 2.05) is 37.3 Å². The highest BCUT2D eigenvalue weighted by atomic mass is 32.2. The van der Waals surface area contributed by atoms with Crippen molar-refractivity contribution in [2.75, 3.05) is 33.5 Å². The fraction of sp³-hybridized carbons (Fsp3) is 0.167. The average Bonchev–Trinajstić information content (AvgIpc) is 2.81. The van der Waals surface area contributed by atoms with Gasteiger partial charge in [0.25, 0.3) is 10.0 Å². The second-order valence-corrected chi connectivity index (χ2v) is 10.2. The van der Waals surface area contributed by atoms with Crippen LogP contribution >= 0.6 is 11.8 Å². The van der Waals surface area contributed by atoms with Crippen LogP contribution in [-0.2, 0) is 19.6 Å². The summed E-state index contributed by atoms with van der Waals surface area (Å²) in [5, 5.41) is 5.47. The largest absolute Gasteiger partial charge is 0.325 e. The van der Waals surface area contributed by atoms with E-state index in [1.54, 1.807) is 36.4 Å². The Hall–Kier alpha value is -3.30. The predicted octanol–water partition coefficient (Wildman–Crippen LogP) is 4.13. The van der Waals surface area contributed by atoms with Gasteiger partial charge in [0, 0.05) is 18.4 Å². The number of carbonyl (C=O) groups excluding carboxylic acids is 2. The van der Waals surface area contributed by atoms with Crippen LogP contribution in [0.25, 0.3) is 0 Å². The van der Waals surface area contributed by atoms with Crippen molar-refractivity contribution >= 4 is 50.7 Å². The number of hydrogen-bond donors (Lipinski definition) is 2. The zero-order chi connectivity index (χ0) is 23.8. The molecule has 3 aromatic rings. The second-order valence-electron chi connectivity index (χ2n) is 7.29. The molecule has 7 nitrogen and oxygen atoms in total. The number of hydrogen-bond acceptors (Lipinski definition) is 5. The third kappa shape index (κ3) is 6.84. The summed E-state index contributed by atoms with van der Waals surface area (Å²) in [6, 6.07) is 22.3. The first-order chi connectivity index (χ1) is 15.8. The lowest BCUT2D eigenvalue weighted by molar-refractivity contribution is -0.114. The summed E-state index contributed by atoms with van der Waals surface area (Å²) in [7, 11) is -2.31. The van der Waals surface area contributed by atoms with E-state index in [-0.39, 0.29) is 28.2 Å². The molecular weight excluding hydrogens is 458 g/mol. The van der Waals surface area contributed by atoms with Gasteiger partial charge in [-0.15, -0.1) is 11.8 Å². The molecule has 0 aliphatic heterocycles. The van der Waals surface area contributed by atoms with Crippen LogP contribution in [0.15, 0.2) is 83.8 Å². The van der Waals surface area contributed by atoms with Gasteiger partial charge >= 0.3 is 0 Å². The number of nitrogens with zero attached hydrogens (tertiary/aromatic N) is 1. The normalized spacial score (nSPS) is 11.0. The molecule has 0 spiro atoms. The molecule has 0 atom stereocenters. The highest BCUT2D eigenvalue weighted by Crippen LogP contribution is 2.23. The lowest BCUT2D eigenvalue weighted by atomic mass is 10.2. The minimum Gasteiger partial charge on any atom is -0.325 e. The van der Waals surface area contributed by atoms with Crippen LogP contribution in [0.4, 0.5) is 17.1 Å². The smallest absolute Gasteiger partial charge is 0.264 e. The van der Waals surface area contributed by atoms with Crippen LogP contribution in [0.1, 0.15) is 5.56 Å².